The Kier molecular flexibility index (Phi) is 4.53. The molecule has 1 heterocycles. The second-order valence-electron chi connectivity index (χ2n) is 4.01. The number of ether oxygens (including phenoxy) is 1. The van der Waals surface area contributed by atoms with Crippen LogP contribution in [0.15, 0.2) is 30.3 Å². The van der Waals surface area contributed by atoms with Crippen molar-refractivity contribution in [1.29, 1.82) is 0 Å². The summed E-state index contributed by atoms with van der Waals surface area (Å²) in [7, 11) is 0. The molecule has 0 fully saturated rings. The lowest BCUT2D eigenvalue weighted by Crippen LogP contribution is -2.13. The summed E-state index contributed by atoms with van der Waals surface area (Å²) in [6.45, 7) is 3.72. The normalized spacial score (nSPS) is 10.2. The molecule has 0 amide bonds. The fourth-order valence-electron chi connectivity index (χ4n) is 1.74. The van der Waals surface area contributed by atoms with Crippen molar-refractivity contribution in [3.63, 3.8) is 0 Å². The summed E-state index contributed by atoms with van der Waals surface area (Å²) in [6, 6.07) is 9.38. The Morgan fingerprint density at radius 2 is 2.00 bits per heavy atom. The Hall–Kier alpha value is -2.14. The third-order valence-corrected chi connectivity index (χ3v) is 2.75. The molecule has 0 aliphatic carbocycles. The van der Waals surface area contributed by atoms with Crippen LogP contribution in [0.25, 0.3) is 0 Å². The SMILES string of the molecule is CCOC(=O)c1c(C)nc(Cl)nc1Nc1ccccc1. The van der Waals surface area contributed by atoms with Crippen LogP contribution in [-0.4, -0.2) is 22.5 Å². The van der Waals surface area contributed by atoms with E-state index in [1.54, 1.807) is 13.8 Å². The topological polar surface area (TPSA) is 64.1 Å². The van der Waals surface area contributed by atoms with E-state index in [0.717, 1.165) is 5.69 Å². The Morgan fingerprint density at radius 1 is 1.30 bits per heavy atom. The van der Waals surface area contributed by atoms with E-state index in [1.165, 1.54) is 0 Å². The predicted octanol–water partition coefficient (Wildman–Crippen LogP) is 3.36. The van der Waals surface area contributed by atoms with Gasteiger partial charge in [0.15, 0.2) is 0 Å². The summed E-state index contributed by atoms with van der Waals surface area (Å²) in [5.74, 6) is -0.132. The zero-order chi connectivity index (χ0) is 14.5. The van der Waals surface area contributed by atoms with Crippen LogP contribution >= 0.6 is 11.6 Å². The quantitative estimate of drug-likeness (QED) is 0.691. The van der Waals surface area contributed by atoms with E-state index in [-0.39, 0.29) is 11.9 Å². The molecule has 104 valence electrons. The Balaban J connectivity index is 2.42. The number of halogens is 1. The van der Waals surface area contributed by atoms with Crippen molar-refractivity contribution in [1.82, 2.24) is 9.97 Å². The number of benzene rings is 1. The number of nitrogens with one attached hydrogen (secondary N) is 1. The van der Waals surface area contributed by atoms with E-state index in [9.17, 15) is 4.79 Å². The number of aryl methyl sites for hydroxylation is 1. The fourth-order valence-corrected chi connectivity index (χ4v) is 1.95. The first kappa shape index (κ1) is 14.3. The number of rotatable bonds is 4. The maximum atomic E-state index is 12.0. The summed E-state index contributed by atoms with van der Waals surface area (Å²) in [5, 5.41) is 3.13. The molecule has 0 aliphatic rings. The minimum absolute atomic E-state index is 0.0778. The van der Waals surface area contributed by atoms with Gasteiger partial charge in [-0.3, -0.25) is 0 Å². The maximum absolute atomic E-state index is 12.0. The van der Waals surface area contributed by atoms with Crippen LogP contribution in [-0.2, 0) is 4.74 Å². The molecule has 1 aromatic heterocycles. The molecule has 0 aliphatic heterocycles. The van der Waals surface area contributed by atoms with Crippen LogP contribution < -0.4 is 5.32 Å². The molecule has 0 saturated carbocycles. The second-order valence-corrected chi connectivity index (χ2v) is 4.35. The minimum Gasteiger partial charge on any atom is -0.462 e. The third kappa shape index (κ3) is 3.24. The van der Waals surface area contributed by atoms with Crippen molar-refractivity contribution >= 4 is 29.1 Å². The highest BCUT2D eigenvalue weighted by molar-refractivity contribution is 6.28. The number of carbonyl (C=O) groups is 1. The van der Waals surface area contributed by atoms with Gasteiger partial charge in [-0.1, -0.05) is 18.2 Å². The third-order valence-electron chi connectivity index (χ3n) is 2.58. The number of anilines is 2. The van der Waals surface area contributed by atoms with Gasteiger partial charge in [0, 0.05) is 5.69 Å². The molecule has 0 unspecified atom stereocenters. The molecule has 0 saturated heterocycles. The zero-order valence-electron chi connectivity index (χ0n) is 11.2. The van der Waals surface area contributed by atoms with E-state index in [0.29, 0.717) is 17.1 Å². The molecule has 20 heavy (non-hydrogen) atoms. The Morgan fingerprint density at radius 3 is 2.65 bits per heavy atom. The Labute approximate surface area is 122 Å². The van der Waals surface area contributed by atoms with Crippen LogP contribution in [0.4, 0.5) is 11.5 Å². The smallest absolute Gasteiger partial charge is 0.343 e. The molecule has 5 nitrogen and oxygen atoms in total. The van der Waals surface area contributed by atoms with Crippen molar-refractivity contribution in [2.24, 2.45) is 0 Å². The summed E-state index contributed by atoms with van der Waals surface area (Å²) in [6.07, 6.45) is 0. The van der Waals surface area contributed by atoms with Crippen molar-refractivity contribution in [3.8, 4) is 0 Å². The van der Waals surface area contributed by atoms with Gasteiger partial charge in [0.1, 0.15) is 11.4 Å². The van der Waals surface area contributed by atoms with E-state index in [1.807, 2.05) is 30.3 Å². The van der Waals surface area contributed by atoms with E-state index in [4.69, 9.17) is 16.3 Å². The fraction of sp³-hybridized carbons (Fsp3) is 0.214. The molecule has 0 atom stereocenters. The second kappa shape index (κ2) is 6.34. The van der Waals surface area contributed by atoms with Gasteiger partial charge in [0.2, 0.25) is 5.28 Å². The number of para-hydroxylation sites is 1. The van der Waals surface area contributed by atoms with Gasteiger partial charge in [-0.05, 0) is 37.6 Å². The van der Waals surface area contributed by atoms with Crippen LogP contribution in [0.5, 0.6) is 0 Å². The number of hydrogen-bond acceptors (Lipinski definition) is 5. The van der Waals surface area contributed by atoms with Gasteiger partial charge >= 0.3 is 5.97 Å². The highest BCUT2D eigenvalue weighted by atomic mass is 35.5. The lowest BCUT2D eigenvalue weighted by Gasteiger charge is -2.12. The van der Waals surface area contributed by atoms with Crippen molar-refractivity contribution in [2.45, 2.75) is 13.8 Å². The van der Waals surface area contributed by atoms with E-state index < -0.39 is 5.97 Å². The van der Waals surface area contributed by atoms with Gasteiger partial charge in [-0.15, -0.1) is 0 Å². The first-order valence-electron chi connectivity index (χ1n) is 6.15. The summed E-state index contributed by atoms with van der Waals surface area (Å²) >= 11 is 5.86. The lowest BCUT2D eigenvalue weighted by molar-refractivity contribution is 0.0526. The number of hydrogen-bond donors (Lipinski definition) is 1. The first-order valence-corrected chi connectivity index (χ1v) is 6.53. The average Bonchev–Trinajstić information content (AvgIpc) is 2.39. The van der Waals surface area contributed by atoms with Crippen molar-refractivity contribution in [2.75, 3.05) is 11.9 Å². The molecule has 1 N–H and O–H groups in total. The number of aromatic nitrogens is 2. The van der Waals surface area contributed by atoms with Gasteiger partial charge in [-0.2, -0.15) is 4.98 Å². The van der Waals surface area contributed by atoms with E-state index in [2.05, 4.69) is 15.3 Å². The standard InChI is InChI=1S/C14H14ClN3O2/c1-3-20-13(19)11-9(2)16-14(15)18-12(11)17-10-7-5-4-6-8-10/h4-8H,3H2,1-2H3,(H,16,17,18). The molecule has 6 heteroatoms. The summed E-state index contributed by atoms with van der Waals surface area (Å²) in [4.78, 5) is 20.1. The lowest BCUT2D eigenvalue weighted by atomic mass is 10.2. The summed E-state index contributed by atoms with van der Waals surface area (Å²) < 4.78 is 5.02. The molecule has 0 bridgehead atoms. The zero-order valence-corrected chi connectivity index (χ0v) is 11.9. The maximum Gasteiger partial charge on any atom is 0.343 e. The first-order chi connectivity index (χ1) is 9.61. The average molecular weight is 292 g/mol. The molecule has 2 rings (SSSR count). The van der Waals surface area contributed by atoms with Gasteiger partial charge in [-0.25, -0.2) is 9.78 Å². The largest absolute Gasteiger partial charge is 0.462 e. The van der Waals surface area contributed by atoms with Gasteiger partial charge in [0.25, 0.3) is 0 Å². The highest BCUT2D eigenvalue weighted by Gasteiger charge is 2.19. The molecular weight excluding hydrogens is 278 g/mol. The van der Waals surface area contributed by atoms with Gasteiger partial charge < -0.3 is 10.1 Å². The molecule has 1 aromatic carbocycles. The Bertz CT molecular complexity index is 617. The number of carbonyl (C=O) groups excluding carboxylic acids is 1. The minimum atomic E-state index is -0.472. The predicted molar refractivity (Wildman–Crippen MR) is 77.5 cm³/mol. The molecule has 0 radical (unpaired) electrons. The van der Waals surface area contributed by atoms with Crippen LogP contribution in [0.2, 0.25) is 5.28 Å². The number of nitrogens with zero attached hydrogens (tertiary/aromatic N) is 2. The highest BCUT2D eigenvalue weighted by Crippen LogP contribution is 2.23. The van der Waals surface area contributed by atoms with Gasteiger partial charge in [0.05, 0.1) is 12.3 Å². The van der Waals surface area contributed by atoms with Crippen molar-refractivity contribution in [3.05, 3.63) is 46.9 Å². The molecule has 2 aromatic rings. The van der Waals surface area contributed by atoms with Crippen molar-refractivity contribution < 1.29 is 9.53 Å². The van der Waals surface area contributed by atoms with Crippen LogP contribution in [0.3, 0.4) is 0 Å². The number of esters is 1. The molecule has 0 spiro atoms. The molecular formula is C14H14ClN3O2. The van der Waals surface area contributed by atoms with E-state index >= 15 is 0 Å². The van der Waals surface area contributed by atoms with Crippen LogP contribution in [0.1, 0.15) is 23.0 Å². The van der Waals surface area contributed by atoms with Crippen LogP contribution in [0, 0.1) is 6.92 Å². The summed E-state index contributed by atoms with van der Waals surface area (Å²) in [5.41, 5.74) is 1.56. The monoisotopic (exact) mass is 291 g/mol.